The topological polar surface area (TPSA) is 46.3 Å². The first-order valence-corrected chi connectivity index (χ1v) is 7.16. The van der Waals surface area contributed by atoms with E-state index >= 15 is 0 Å². The molecule has 0 aromatic heterocycles. The van der Waals surface area contributed by atoms with Crippen molar-refractivity contribution in [3.63, 3.8) is 0 Å². The monoisotopic (exact) mass is 260 g/mol. The predicted molar refractivity (Wildman–Crippen MR) is 77.8 cm³/mol. The summed E-state index contributed by atoms with van der Waals surface area (Å²) in [5, 5.41) is 0. The molecule has 0 saturated heterocycles. The average molecular weight is 260 g/mol. The highest BCUT2D eigenvalue weighted by Gasteiger charge is 2.33. The van der Waals surface area contributed by atoms with E-state index in [0.717, 1.165) is 18.4 Å². The molecule has 1 saturated carbocycles. The van der Waals surface area contributed by atoms with Crippen molar-refractivity contribution in [2.24, 2.45) is 11.7 Å². The lowest BCUT2D eigenvalue weighted by molar-refractivity contribution is -0.133. The molecule has 1 amide bonds. The number of amides is 1. The zero-order chi connectivity index (χ0) is 13.8. The quantitative estimate of drug-likeness (QED) is 0.903. The van der Waals surface area contributed by atoms with Crippen LogP contribution in [-0.4, -0.2) is 30.4 Å². The van der Waals surface area contributed by atoms with Crippen LogP contribution in [0.3, 0.4) is 0 Å². The number of nitrogens with two attached hydrogens (primary N) is 1. The van der Waals surface area contributed by atoms with Crippen LogP contribution >= 0.6 is 0 Å². The van der Waals surface area contributed by atoms with Crippen LogP contribution in [0, 0.1) is 5.92 Å². The lowest BCUT2D eigenvalue weighted by Crippen LogP contribution is -2.43. The number of nitrogens with zero attached hydrogens (tertiary/aromatic N) is 1. The van der Waals surface area contributed by atoms with Crippen molar-refractivity contribution < 1.29 is 4.79 Å². The number of hydrogen-bond donors (Lipinski definition) is 1. The van der Waals surface area contributed by atoms with Gasteiger partial charge in [0.1, 0.15) is 0 Å². The molecule has 3 heteroatoms. The van der Waals surface area contributed by atoms with E-state index in [2.05, 4.69) is 0 Å². The van der Waals surface area contributed by atoms with Gasteiger partial charge >= 0.3 is 0 Å². The van der Waals surface area contributed by atoms with E-state index in [9.17, 15) is 4.79 Å². The number of hydrogen-bond acceptors (Lipinski definition) is 2. The second-order valence-electron chi connectivity index (χ2n) is 5.58. The van der Waals surface area contributed by atoms with Gasteiger partial charge in [-0.3, -0.25) is 4.79 Å². The van der Waals surface area contributed by atoms with Crippen molar-refractivity contribution >= 4 is 5.91 Å². The molecule has 1 aliphatic carbocycles. The van der Waals surface area contributed by atoms with Crippen LogP contribution in [0.1, 0.15) is 37.7 Å². The summed E-state index contributed by atoms with van der Waals surface area (Å²) in [7, 11) is 1.93. The third kappa shape index (κ3) is 2.98. The van der Waals surface area contributed by atoms with Gasteiger partial charge in [0.2, 0.25) is 5.91 Å². The van der Waals surface area contributed by atoms with Gasteiger partial charge in [0.25, 0.3) is 0 Å². The van der Waals surface area contributed by atoms with Crippen molar-refractivity contribution in [3.05, 3.63) is 35.9 Å². The van der Waals surface area contributed by atoms with E-state index in [-0.39, 0.29) is 11.8 Å². The summed E-state index contributed by atoms with van der Waals surface area (Å²) >= 11 is 0. The number of rotatable bonds is 4. The highest BCUT2D eigenvalue weighted by atomic mass is 16.2. The minimum absolute atomic E-state index is 0.0785. The Kier molecular flexibility index (Phi) is 4.59. The maximum absolute atomic E-state index is 12.6. The van der Waals surface area contributed by atoms with E-state index in [4.69, 9.17) is 5.73 Å². The normalized spacial score (nSPS) is 24.2. The van der Waals surface area contributed by atoms with Gasteiger partial charge in [-0.1, -0.05) is 36.8 Å². The number of likely N-dealkylation sites (N-methyl/N-ethyl adjacent to an activating group) is 1. The van der Waals surface area contributed by atoms with Gasteiger partial charge in [0, 0.05) is 13.1 Å². The van der Waals surface area contributed by atoms with Crippen LogP contribution in [0.25, 0.3) is 0 Å². The summed E-state index contributed by atoms with van der Waals surface area (Å²) < 4.78 is 0. The second-order valence-corrected chi connectivity index (χ2v) is 5.58. The Labute approximate surface area is 115 Å². The van der Waals surface area contributed by atoms with Gasteiger partial charge in [-0.25, -0.2) is 0 Å². The molecule has 1 aliphatic rings. The van der Waals surface area contributed by atoms with E-state index in [1.165, 1.54) is 6.42 Å². The first-order valence-electron chi connectivity index (χ1n) is 7.16. The maximum atomic E-state index is 12.6. The van der Waals surface area contributed by atoms with Gasteiger partial charge in [-0.15, -0.1) is 0 Å². The van der Waals surface area contributed by atoms with Crippen LogP contribution in [0.15, 0.2) is 30.3 Å². The van der Waals surface area contributed by atoms with Crippen molar-refractivity contribution in [1.29, 1.82) is 0 Å². The molecule has 1 aromatic rings. The van der Waals surface area contributed by atoms with Crippen LogP contribution in [0.4, 0.5) is 0 Å². The third-order valence-corrected chi connectivity index (χ3v) is 4.44. The molecule has 0 aliphatic heterocycles. The number of benzene rings is 1. The number of carbonyl (C=O) groups is 1. The van der Waals surface area contributed by atoms with E-state index in [0.29, 0.717) is 18.5 Å². The Hall–Kier alpha value is -1.35. The van der Waals surface area contributed by atoms with Gasteiger partial charge in [0.05, 0.1) is 5.92 Å². The van der Waals surface area contributed by atoms with Gasteiger partial charge < -0.3 is 10.6 Å². The molecule has 3 unspecified atom stereocenters. The zero-order valence-electron chi connectivity index (χ0n) is 11.9. The zero-order valence-corrected chi connectivity index (χ0v) is 11.9. The maximum Gasteiger partial charge on any atom is 0.229 e. The van der Waals surface area contributed by atoms with Crippen molar-refractivity contribution in [1.82, 2.24) is 4.90 Å². The fourth-order valence-corrected chi connectivity index (χ4v) is 3.16. The molecule has 3 nitrogen and oxygen atoms in total. The fraction of sp³-hybridized carbons (Fsp3) is 0.562. The largest absolute Gasteiger partial charge is 0.342 e. The smallest absolute Gasteiger partial charge is 0.229 e. The molecule has 0 heterocycles. The summed E-state index contributed by atoms with van der Waals surface area (Å²) in [6.07, 6.45) is 3.42. The van der Waals surface area contributed by atoms with Crippen LogP contribution < -0.4 is 5.73 Å². The Bertz CT molecular complexity index is 418. The summed E-state index contributed by atoms with van der Waals surface area (Å²) in [6, 6.07) is 10.3. The Balaban J connectivity index is 2.07. The van der Waals surface area contributed by atoms with Crippen LogP contribution in [-0.2, 0) is 4.79 Å². The molecule has 2 N–H and O–H groups in total. The van der Waals surface area contributed by atoms with Crippen LogP contribution in [0.2, 0.25) is 0 Å². The summed E-state index contributed by atoms with van der Waals surface area (Å²) in [4.78, 5) is 14.5. The molecular weight excluding hydrogens is 236 g/mol. The molecule has 1 aromatic carbocycles. The minimum Gasteiger partial charge on any atom is -0.342 e. The summed E-state index contributed by atoms with van der Waals surface area (Å²) in [5.74, 6) is 0.596. The standard InChI is InChI=1S/C16H24N2O/c1-12(13-7-4-3-5-8-13)16(19)18(2)15-10-6-9-14(15)11-17/h3-5,7-8,12,14-15H,6,9-11,17H2,1-2H3. The SMILES string of the molecule is CC(C(=O)N(C)C1CCCC1CN)c1ccccc1. The third-order valence-electron chi connectivity index (χ3n) is 4.44. The first-order chi connectivity index (χ1) is 9.15. The molecule has 104 valence electrons. The predicted octanol–water partition coefficient (Wildman–Crippen LogP) is 2.38. The van der Waals surface area contributed by atoms with E-state index in [1.54, 1.807) is 0 Å². The van der Waals surface area contributed by atoms with Crippen molar-refractivity contribution in [3.8, 4) is 0 Å². The first kappa shape index (κ1) is 14.1. The number of carbonyl (C=O) groups excluding carboxylic acids is 1. The summed E-state index contributed by atoms with van der Waals surface area (Å²) in [5.41, 5.74) is 6.90. The molecule has 0 bridgehead atoms. The lowest BCUT2D eigenvalue weighted by atomic mass is 9.97. The highest BCUT2D eigenvalue weighted by Crippen LogP contribution is 2.30. The molecule has 0 radical (unpaired) electrons. The molecule has 19 heavy (non-hydrogen) atoms. The Morgan fingerprint density at radius 1 is 1.37 bits per heavy atom. The average Bonchev–Trinajstić information content (AvgIpc) is 2.94. The summed E-state index contributed by atoms with van der Waals surface area (Å²) in [6.45, 7) is 2.67. The molecule has 2 rings (SSSR count). The van der Waals surface area contributed by atoms with Gasteiger partial charge in [-0.2, -0.15) is 0 Å². The van der Waals surface area contributed by atoms with E-state index < -0.39 is 0 Å². The molecule has 3 atom stereocenters. The van der Waals surface area contributed by atoms with Crippen molar-refractivity contribution in [2.45, 2.75) is 38.1 Å². The molecule has 1 fully saturated rings. The van der Waals surface area contributed by atoms with Crippen molar-refractivity contribution in [2.75, 3.05) is 13.6 Å². The van der Waals surface area contributed by atoms with Crippen LogP contribution in [0.5, 0.6) is 0 Å². The molecule has 0 spiro atoms. The highest BCUT2D eigenvalue weighted by molar-refractivity contribution is 5.83. The second kappa shape index (κ2) is 6.20. The Morgan fingerprint density at radius 2 is 2.05 bits per heavy atom. The van der Waals surface area contributed by atoms with E-state index in [1.807, 2.05) is 49.2 Å². The van der Waals surface area contributed by atoms with Gasteiger partial charge in [0.15, 0.2) is 0 Å². The minimum atomic E-state index is -0.0785. The fourth-order valence-electron chi connectivity index (χ4n) is 3.16. The lowest BCUT2D eigenvalue weighted by Gasteiger charge is -2.31. The Morgan fingerprint density at radius 3 is 2.68 bits per heavy atom. The van der Waals surface area contributed by atoms with Gasteiger partial charge in [-0.05, 0) is 37.8 Å². The molecular formula is C16H24N2O.